The zero-order valence-electron chi connectivity index (χ0n) is 15.9. The molecule has 5 nitrogen and oxygen atoms in total. The second-order valence-corrected chi connectivity index (χ2v) is 6.27. The first-order chi connectivity index (χ1) is 13.0. The van der Waals surface area contributed by atoms with E-state index in [4.69, 9.17) is 9.47 Å². The van der Waals surface area contributed by atoms with E-state index >= 15 is 0 Å². The molecule has 1 amide bonds. The van der Waals surface area contributed by atoms with E-state index in [1.807, 2.05) is 38.1 Å². The van der Waals surface area contributed by atoms with Crippen molar-refractivity contribution < 1.29 is 14.3 Å². The van der Waals surface area contributed by atoms with E-state index in [2.05, 4.69) is 16.4 Å². The van der Waals surface area contributed by atoms with Crippen molar-refractivity contribution >= 4 is 28.6 Å². The zero-order valence-corrected chi connectivity index (χ0v) is 15.9. The van der Waals surface area contributed by atoms with Crippen molar-refractivity contribution in [1.29, 1.82) is 0 Å². The molecule has 0 spiro atoms. The van der Waals surface area contributed by atoms with Crippen LogP contribution in [-0.4, -0.2) is 25.1 Å². The second-order valence-electron chi connectivity index (χ2n) is 6.27. The molecule has 0 radical (unpaired) electrons. The molecule has 0 aliphatic carbocycles. The van der Waals surface area contributed by atoms with Gasteiger partial charge in [0.2, 0.25) is 5.91 Å². The predicted octanol–water partition coefficient (Wildman–Crippen LogP) is 4.52. The number of nitrogens with one attached hydrogen (secondary N) is 1. The van der Waals surface area contributed by atoms with Gasteiger partial charge in [-0.15, -0.1) is 0 Å². The lowest BCUT2D eigenvalue weighted by Gasteiger charge is -2.09. The number of pyridine rings is 1. The molecule has 0 bridgehead atoms. The summed E-state index contributed by atoms with van der Waals surface area (Å²) in [6.45, 7) is 4.05. The number of fused-ring (bicyclic) bond motifs is 1. The van der Waals surface area contributed by atoms with Crippen LogP contribution in [0.5, 0.6) is 11.5 Å². The molecule has 27 heavy (non-hydrogen) atoms. The largest absolute Gasteiger partial charge is 0.493 e. The summed E-state index contributed by atoms with van der Waals surface area (Å²) < 4.78 is 10.5. The van der Waals surface area contributed by atoms with Crippen LogP contribution in [0.2, 0.25) is 0 Å². The van der Waals surface area contributed by atoms with Gasteiger partial charge in [0, 0.05) is 17.7 Å². The maximum Gasteiger partial charge on any atom is 0.248 e. The first-order valence-electron chi connectivity index (χ1n) is 8.59. The Kier molecular flexibility index (Phi) is 5.41. The minimum absolute atomic E-state index is 0.212. The van der Waals surface area contributed by atoms with E-state index in [1.165, 1.54) is 6.08 Å². The number of carbonyl (C=O) groups excluding carboxylic acids is 1. The molecule has 2 aromatic carbocycles. The number of methoxy groups -OCH3 is 2. The van der Waals surface area contributed by atoms with Crippen molar-refractivity contribution in [2.75, 3.05) is 19.5 Å². The van der Waals surface area contributed by atoms with Gasteiger partial charge in [0.1, 0.15) is 0 Å². The van der Waals surface area contributed by atoms with Gasteiger partial charge >= 0.3 is 0 Å². The van der Waals surface area contributed by atoms with Crippen LogP contribution in [0.25, 0.3) is 17.0 Å². The third-order valence-electron chi connectivity index (χ3n) is 4.27. The molecule has 3 rings (SSSR count). The summed E-state index contributed by atoms with van der Waals surface area (Å²) in [6, 6.07) is 11.4. The van der Waals surface area contributed by atoms with Crippen LogP contribution in [0.4, 0.5) is 5.69 Å². The smallest absolute Gasteiger partial charge is 0.248 e. The summed E-state index contributed by atoms with van der Waals surface area (Å²) >= 11 is 0. The van der Waals surface area contributed by atoms with Crippen LogP contribution >= 0.6 is 0 Å². The highest BCUT2D eigenvalue weighted by atomic mass is 16.5. The first kappa shape index (κ1) is 18.5. The highest BCUT2D eigenvalue weighted by Gasteiger charge is 2.08. The highest BCUT2D eigenvalue weighted by molar-refractivity contribution is 6.07. The summed E-state index contributed by atoms with van der Waals surface area (Å²) in [5.74, 6) is 1.05. The Morgan fingerprint density at radius 2 is 1.81 bits per heavy atom. The minimum atomic E-state index is -0.212. The number of anilines is 1. The average Bonchev–Trinajstić information content (AvgIpc) is 2.66. The van der Waals surface area contributed by atoms with E-state index in [-0.39, 0.29) is 5.91 Å². The normalized spacial score (nSPS) is 11.0. The second kappa shape index (κ2) is 7.91. The van der Waals surface area contributed by atoms with Gasteiger partial charge in [-0.3, -0.25) is 9.78 Å². The molecule has 0 saturated heterocycles. The number of aromatic nitrogens is 1. The lowest BCUT2D eigenvalue weighted by atomic mass is 10.1. The number of rotatable bonds is 5. The third kappa shape index (κ3) is 4.08. The van der Waals surface area contributed by atoms with Crippen LogP contribution in [0.1, 0.15) is 16.7 Å². The van der Waals surface area contributed by atoms with Crippen LogP contribution in [-0.2, 0) is 4.79 Å². The van der Waals surface area contributed by atoms with E-state index in [9.17, 15) is 4.79 Å². The molecule has 0 unspecified atom stereocenters. The summed E-state index contributed by atoms with van der Waals surface area (Å²) in [7, 11) is 3.17. The monoisotopic (exact) mass is 362 g/mol. The van der Waals surface area contributed by atoms with Gasteiger partial charge in [-0.05, 0) is 55.3 Å². The van der Waals surface area contributed by atoms with Crippen molar-refractivity contribution in [3.05, 3.63) is 65.4 Å². The summed E-state index contributed by atoms with van der Waals surface area (Å²) in [5.41, 5.74) is 4.69. The SMILES string of the molecule is COc1ccc(/C=C/C(=O)Nc2ccnc3c(C)cc(C)cc23)cc1OC. The minimum Gasteiger partial charge on any atom is -0.493 e. The van der Waals surface area contributed by atoms with Crippen molar-refractivity contribution in [1.82, 2.24) is 4.98 Å². The molecule has 1 N–H and O–H groups in total. The predicted molar refractivity (Wildman–Crippen MR) is 108 cm³/mol. The Balaban J connectivity index is 1.82. The number of ether oxygens (including phenoxy) is 2. The number of nitrogens with zero attached hydrogens (tertiary/aromatic N) is 1. The van der Waals surface area contributed by atoms with E-state index in [0.29, 0.717) is 11.5 Å². The summed E-state index contributed by atoms with van der Waals surface area (Å²) in [5, 5.41) is 3.87. The number of carbonyl (C=O) groups is 1. The fourth-order valence-corrected chi connectivity index (χ4v) is 3.02. The van der Waals surface area contributed by atoms with E-state index in [1.54, 1.807) is 32.6 Å². The topological polar surface area (TPSA) is 60.5 Å². The van der Waals surface area contributed by atoms with Crippen molar-refractivity contribution in [3.63, 3.8) is 0 Å². The molecule has 138 valence electrons. The quantitative estimate of drug-likeness (QED) is 0.678. The third-order valence-corrected chi connectivity index (χ3v) is 4.27. The molecule has 1 heterocycles. The van der Waals surface area contributed by atoms with Crippen LogP contribution in [0, 0.1) is 13.8 Å². The number of hydrogen-bond donors (Lipinski definition) is 1. The van der Waals surface area contributed by atoms with Gasteiger partial charge in [-0.2, -0.15) is 0 Å². The number of hydrogen-bond acceptors (Lipinski definition) is 4. The standard InChI is InChI=1S/C22H22N2O3/c1-14-11-15(2)22-17(12-14)18(9-10-23-22)24-21(25)8-6-16-5-7-19(26-3)20(13-16)27-4/h5-13H,1-4H3,(H,23,24,25)/b8-6+. The molecular formula is C22H22N2O3. The number of benzene rings is 2. The molecule has 1 aromatic heterocycles. The molecule has 0 fully saturated rings. The Hall–Kier alpha value is -3.34. The molecular weight excluding hydrogens is 340 g/mol. The van der Waals surface area contributed by atoms with Gasteiger partial charge in [-0.1, -0.05) is 17.7 Å². The Labute approximate surface area is 158 Å². The van der Waals surface area contributed by atoms with Crippen molar-refractivity contribution in [2.45, 2.75) is 13.8 Å². The van der Waals surface area contributed by atoms with E-state index in [0.717, 1.165) is 33.3 Å². The molecule has 3 aromatic rings. The van der Waals surface area contributed by atoms with Gasteiger partial charge in [0.15, 0.2) is 11.5 Å². The zero-order chi connectivity index (χ0) is 19.4. The fourth-order valence-electron chi connectivity index (χ4n) is 3.02. The van der Waals surface area contributed by atoms with Gasteiger partial charge in [0.05, 0.1) is 25.4 Å². The average molecular weight is 362 g/mol. The van der Waals surface area contributed by atoms with Crippen LogP contribution in [0.15, 0.2) is 48.7 Å². The molecule has 0 saturated carbocycles. The summed E-state index contributed by atoms with van der Waals surface area (Å²) in [4.78, 5) is 16.8. The van der Waals surface area contributed by atoms with Gasteiger partial charge in [-0.25, -0.2) is 0 Å². The van der Waals surface area contributed by atoms with Crippen LogP contribution in [0.3, 0.4) is 0 Å². The Bertz CT molecular complexity index is 1030. The maximum absolute atomic E-state index is 12.4. The molecule has 5 heteroatoms. The van der Waals surface area contributed by atoms with Crippen LogP contribution < -0.4 is 14.8 Å². The molecule has 0 aliphatic rings. The maximum atomic E-state index is 12.4. The van der Waals surface area contributed by atoms with E-state index < -0.39 is 0 Å². The number of amides is 1. The Morgan fingerprint density at radius 1 is 1.04 bits per heavy atom. The Morgan fingerprint density at radius 3 is 2.56 bits per heavy atom. The van der Waals surface area contributed by atoms with Crippen molar-refractivity contribution in [2.24, 2.45) is 0 Å². The lowest BCUT2D eigenvalue weighted by molar-refractivity contribution is -0.111. The number of aryl methyl sites for hydroxylation is 2. The summed E-state index contributed by atoms with van der Waals surface area (Å²) in [6.07, 6.45) is 4.94. The molecule has 0 atom stereocenters. The first-order valence-corrected chi connectivity index (χ1v) is 8.59. The molecule has 0 aliphatic heterocycles. The van der Waals surface area contributed by atoms with Gasteiger partial charge < -0.3 is 14.8 Å². The highest BCUT2D eigenvalue weighted by Crippen LogP contribution is 2.28. The lowest BCUT2D eigenvalue weighted by Crippen LogP contribution is -2.08. The van der Waals surface area contributed by atoms with Gasteiger partial charge in [0.25, 0.3) is 0 Å². The fraction of sp³-hybridized carbons (Fsp3) is 0.182. The van der Waals surface area contributed by atoms with Crippen molar-refractivity contribution in [3.8, 4) is 11.5 Å².